The molecular weight excluding hydrogens is 633 g/mol. The normalized spacial score (nSPS) is 11.8. The minimum atomic E-state index is 0.842. The van der Waals surface area contributed by atoms with Crippen molar-refractivity contribution in [3.63, 3.8) is 0 Å². The van der Waals surface area contributed by atoms with E-state index in [0.717, 1.165) is 60.6 Å². The summed E-state index contributed by atoms with van der Waals surface area (Å²) in [6, 6.07) is 65.0. The average molecular weight is 663 g/mol. The molecule has 0 atom stereocenters. The van der Waals surface area contributed by atoms with Crippen molar-refractivity contribution >= 4 is 65.4 Å². The van der Waals surface area contributed by atoms with Crippen LogP contribution in [0.3, 0.4) is 0 Å². The molecule has 0 saturated heterocycles. The van der Waals surface area contributed by atoms with E-state index in [1.54, 1.807) is 0 Å². The van der Waals surface area contributed by atoms with Crippen LogP contribution in [-0.4, -0.2) is 0 Å². The van der Waals surface area contributed by atoms with Crippen LogP contribution in [0.5, 0.6) is 0 Å². The molecule has 242 valence electrons. The van der Waals surface area contributed by atoms with Crippen molar-refractivity contribution in [1.29, 1.82) is 0 Å². The molecule has 0 aliphatic carbocycles. The van der Waals surface area contributed by atoms with E-state index >= 15 is 0 Å². The highest BCUT2D eigenvalue weighted by molar-refractivity contribution is 6.24. The summed E-state index contributed by atoms with van der Waals surface area (Å²) in [5.41, 5.74) is 12.7. The summed E-state index contributed by atoms with van der Waals surface area (Å²) in [7, 11) is 0. The second-order valence-electron chi connectivity index (χ2n) is 13.6. The summed E-state index contributed by atoms with van der Waals surface area (Å²) < 4.78 is 13.3. The Morgan fingerprint density at radius 3 is 1.15 bits per heavy atom. The first kappa shape index (κ1) is 28.9. The van der Waals surface area contributed by atoms with E-state index in [4.69, 9.17) is 8.83 Å². The van der Waals surface area contributed by atoms with Crippen LogP contribution in [-0.2, 0) is 0 Å². The fourth-order valence-corrected chi connectivity index (χ4v) is 8.34. The lowest BCUT2D eigenvalue weighted by molar-refractivity contribution is 0.658. The topological polar surface area (TPSA) is 26.3 Å². The van der Waals surface area contributed by atoms with E-state index in [1.165, 1.54) is 49.4 Å². The first-order valence-electron chi connectivity index (χ1n) is 17.8. The smallest absolute Gasteiger partial charge is 0.147 e. The van der Waals surface area contributed by atoms with Gasteiger partial charge in [-0.2, -0.15) is 0 Å². The van der Waals surface area contributed by atoms with Gasteiger partial charge in [-0.1, -0.05) is 158 Å². The molecule has 0 N–H and O–H groups in total. The number of furan rings is 2. The van der Waals surface area contributed by atoms with Gasteiger partial charge in [-0.15, -0.1) is 0 Å². The number of hydrogen-bond donors (Lipinski definition) is 0. The minimum Gasteiger partial charge on any atom is -0.455 e. The molecule has 52 heavy (non-hydrogen) atoms. The predicted octanol–water partition coefficient (Wildman–Crippen LogP) is 14.5. The molecule has 11 rings (SSSR count). The third-order valence-corrected chi connectivity index (χ3v) is 10.7. The van der Waals surface area contributed by atoms with Gasteiger partial charge in [-0.05, 0) is 84.8 Å². The molecule has 0 saturated carbocycles. The molecule has 2 heterocycles. The van der Waals surface area contributed by atoms with E-state index in [1.807, 2.05) is 24.3 Å². The highest BCUT2D eigenvalue weighted by atomic mass is 16.3. The summed E-state index contributed by atoms with van der Waals surface area (Å²) in [6.07, 6.45) is 0. The van der Waals surface area contributed by atoms with Crippen LogP contribution in [0, 0.1) is 0 Å². The largest absolute Gasteiger partial charge is 0.455 e. The number of rotatable bonds is 4. The molecule has 2 aromatic heterocycles. The monoisotopic (exact) mass is 662 g/mol. The molecule has 0 fully saturated rings. The molecule has 0 bridgehead atoms. The third-order valence-electron chi connectivity index (χ3n) is 10.7. The first-order valence-corrected chi connectivity index (χ1v) is 17.8. The van der Waals surface area contributed by atoms with Crippen LogP contribution in [0.4, 0.5) is 0 Å². The fraction of sp³-hybridized carbons (Fsp3) is 0. The van der Waals surface area contributed by atoms with Gasteiger partial charge in [0.2, 0.25) is 0 Å². The van der Waals surface area contributed by atoms with Crippen molar-refractivity contribution in [3.05, 3.63) is 182 Å². The standard InChI is InChI=1S/C50H30O2/c1-2-13-31(14-3-1)32-25-27-33(28-26-32)46-38-19-4-6-21-40(38)47(41-22-7-5-20-39(41)46)34-15-12-16-35(29-34)48-49-42(36-17-8-10-23-44(36)51-49)30-43-37-18-9-11-24-45(37)52-50(43)48/h1-30H. The van der Waals surface area contributed by atoms with E-state index in [-0.39, 0.29) is 0 Å². The predicted molar refractivity (Wildman–Crippen MR) is 218 cm³/mol. The van der Waals surface area contributed by atoms with Crippen LogP contribution in [0.2, 0.25) is 0 Å². The Kier molecular flexibility index (Phi) is 6.28. The van der Waals surface area contributed by atoms with Crippen LogP contribution >= 0.6 is 0 Å². The second kappa shape index (κ2) is 11.3. The molecule has 0 spiro atoms. The zero-order chi connectivity index (χ0) is 34.2. The molecule has 2 heteroatoms. The highest BCUT2D eigenvalue weighted by Crippen LogP contribution is 2.47. The molecule has 0 aliphatic rings. The Labute approximate surface area is 299 Å². The van der Waals surface area contributed by atoms with Crippen molar-refractivity contribution in [2.45, 2.75) is 0 Å². The molecular formula is C50H30O2. The summed E-state index contributed by atoms with van der Waals surface area (Å²) in [5.74, 6) is 0. The van der Waals surface area contributed by atoms with Crippen LogP contribution in [0.25, 0.3) is 110 Å². The quantitative estimate of drug-likeness (QED) is 0.175. The van der Waals surface area contributed by atoms with Gasteiger partial charge >= 0.3 is 0 Å². The Balaban J connectivity index is 1.17. The highest BCUT2D eigenvalue weighted by Gasteiger charge is 2.22. The lowest BCUT2D eigenvalue weighted by Crippen LogP contribution is -1.91. The Bertz CT molecular complexity index is 3020. The van der Waals surface area contributed by atoms with E-state index < -0.39 is 0 Å². The maximum absolute atomic E-state index is 6.67. The van der Waals surface area contributed by atoms with Crippen LogP contribution in [0.15, 0.2) is 191 Å². The lowest BCUT2D eigenvalue weighted by atomic mass is 9.85. The van der Waals surface area contributed by atoms with Gasteiger partial charge in [-0.25, -0.2) is 0 Å². The number of hydrogen-bond acceptors (Lipinski definition) is 2. The Morgan fingerprint density at radius 1 is 0.231 bits per heavy atom. The van der Waals surface area contributed by atoms with Gasteiger partial charge in [0.25, 0.3) is 0 Å². The zero-order valence-corrected chi connectivity index (χ0v) is 28.1. The number of para-hydroxylation sites is 2. The van der Waals surface area contributed by atoms with Gasteiger partial charge in [-0.3, -0.25) is 0 Å². The average Bonchev–Trinajstić information content (AvgIpc) is 3.77. The molecule has 0 unspecified atom stereocenters. The Hall–Kier alpha value is -6.90. The van der Waals surface area contributed by atoms with E-state index in [2.05, 4.69) is 158 Å². The summed E-state index contributed by atoms with van der Waals surface area (Å²) in [5, 5.41) is 9.29. The molecule has 9 aromatic carbocycles. The van der Waals surface area contributed by atoms with Crippen LogP contribution in [0.1, 0.15) is 0 Å². The van der Waals surface area contributed by atoms with Crippen molar-refractivity contribution in [1.82, 2.24) is 0 Å². The minimum absolute atomic E-state index is 0.842. The molecule has 0 radical (unpaired) electrons. The molecule has 2 nitrogen and oxygen atoms in total. The van der Waals surface area contributed by atoms with Crippen LogP contribution < -0.4 is 0 Å². The van der Waals surface area contributed by atoms with Gasteiger partial charge in [0, 0.05) is 21.5 Å². The summed E-state index contributed by atoms with van der Waals surface area (Å²) in [4.78, 5) is 0. The van der Waals surface area contributed by atoms with Gasteiger partial charge in [0.15, 0.2) is 0 Å². The fourth-order valence-electron chi connectivity index (χ4n) is 8.34. The first-order chi connectivity index (χ1) is 25.8. The van der Waals surface area contributed by atoms with E-state index in [9.17, 15) is 0 Å². The third kappa shape index (κ3) is 4.31. The van der Waals surface area contributed by atoms with E-state index in [0.29, 0.717) is 0 Å². The maximum Gasteiger partial charge on any atom is 0.147 e. The van der Waals surface area contributed by atoms with Gasteiger partial charge < -0.3 is 8.83 Å². The van der Waals surface area contributed by atoms with Crippen molar-refractivity contribution in [3.8, 4) is 44.5 Å². The zero-order valence-electron chi connectivity index (χ0n) is 28.1. The maximum atomic E-state index is 6.67. The SMILES string of the molecule is c1ccc(-c2ccc(-c3c4ccccc4c(-c4cccc(-c5c6oc7ccccc7c6cc6c5oc5ccccc56)c4)c4ccccc34)cc2)cc1. The number of benzene rings is 9. The molecule has 0 aliphatic heterocycles. The van der Waals surface area contributed by atoms with Gasteiger partial charge in [0.1, 0.15) is 22.3 Å². The molecule has 0 amide bonds. The summed E-state index contributed by atoms with van der Waals surface area (Å²) >= 11 is 0. The molecule has 11 aromatic rings. The van der Waals surface area contributed by atoms with Crippen molar-refractivity contribution in [2.24, 2.45) is 0 Å². The number of fused-ring (bicyclic) bond motifs is 8. The lowest BCUT2D eigenvalue weighted by Gasteiger charge is -2.18. The van der Waals surface area contributed by atoms with Crippen molar-refractivity contribution < 1.29 is 8.83 Å². The van der Waals surface area contributed by atoms with Gasteiger partial charge in [0.05, 0.1) is 5.56 Å². The van der Waals surface area contributed by atoms with Crippen molar-refractivity contribution in [2.75, 3.05) is 0 Å². The summed E-state index contributed by atoms with van der Waals surface area (Å²) in [6.45, 7) is 0. The Morgan fingerprint density at radius 2 is 0.615 bits per heavy atom. The second-order valence-corrected chi connectivity index (χ2v) is 13.6.